The molecule has 0 atom stereocenters. The van der Waals surface area contributed by atoms with Crippen LogP contribution in [0.4, 0.5) is 0 Å². The number of hydrogen-bond acceptors (Lipinski definition) is 6. The molecular formula is C32H32O6. The average Bonchev–Trinajstić information content (AvgIpc) is 3.44. The van der Waals surface area contributed by atoms with E-state index in [1.165, 1.54) is 11.1 Å². The van der Waals surface area contributed by atoms with Gasteiger partial charge in [-0.2, -0.15) is 0 Å². The molecule has 0 spiro atoms. The lowest BCUT2D eigenvalue weighted by Crippen LogP contribution is -1.96. The molecule has 196 valence electrons. The number of aryl methyl sites for hydroxylation is 4. The van der Waals surface area contributed by atoms with Crippen molar-refractivity contribution in [2.24, 2.45) is 0 Å². The van der Waals surface area contributed by atoms with Gasteiger partial charge in [-0.25, -0.2) is 0 Å². The first kappa shape index (κ1) is 25.3. The molecule has 6 nitrogen and oxygen atoms in total. The van der Waals surface area contributed by atoms with Gasteiger partial charge in [0.2, 0.25) is 12.5 Å². The molecule has 1 aliphatic rings. The number of fused-ring (bicyclic) bond motifs is 1. The van der Waals surface area contributed by atoms with E-state index in [1.807, 2.05) is 54.6 Å². The summed E-state index contributed by atoms with van der Waals surface area (Å²) in [6, 6.07) is 26.4. The largest absolute Gasteiger partial charge is 0.497 e. The maximum atomic E-state index is 6.35. The van der Waals surface area contributed by atoms with Gasteiger partial charge in [-0.1, -0.05) is 24.3 Å². The van der Waals surface area contributed by atoms with E-state index in [-0.39, 0.29) is 6.79 Å². The summed E-state index contributed by atoms with van der Waals surface area (Å²) in [6.45, 7) is 0.183. The maximum absolute atomic E-state index is 6.35. The zero-order valence-corrected chi connectivity index (χ0v) is 22.0. The molecule has 0 unspecified atom stereocenters. The molecule has 1 aliphatic heterocycles. The Kier molecular flexibility index (Phi) is 7.88. The lowest BCUT2D eigenvalue weighted by Gasteiger charge is -2.13. The molecule has 38 heavy (non-hydrogen) atoms. The van der Waals surface area contributed by atoms with Crippen LogP contribution in [-0.4, -0.2) is 28.1 Å². The molecule has 1 heterocycles. The topological polar surface area (TPSA) is 55.4 Å². The Labute approximate surface area is 223 Å². The highest BCUT2D eigenvalue weighted by Gasteiger charge is 2.21. The van der Waals surface area contributed by atoms with Crippen molar-refractivity contribution < 1.29 is 28.4 Å². The van der Waals surface area contributed by atoms with Crippen LogP contribution in [0.2, 0.25) is 0 Å². The third kappa shape index (κ3) is 6.14. The molecule has 6 heteroatoms. The predicted octanol–water partition coefficient (Wildman–Crippen LogP) is 6.80. The molecule has 0 bridgehead atoms. The number of benzene rings is 4. The Bertz CT molecular complexity index is 1370. The number of ether oxygens (including phenoxy) is 6. The summed E-state index contributed by atoms with van der Waals surface area (Å²) in [5.41, 5.74) is 4.66. The van der Waals surface area contributed by atoms with E-state index < -0.39 is 0 Å². The molecule has 0 saturated heterocycles. The minimum atomic E-state index is 0.183. The summed E-state index contributed by atoms with van der Waals surface area (Å²) < 4.78 is 34.0. The monoisotopic (exact) mass is 512 g/mol. The molecule has 0 fully saturated rings. The fourth-order valence-corrected chi connectivity index (χ4v) is 4.56. The van der Waals surface area contributed by atoms with Gasteiger partial charge in [0.05, 0.1) is 21.3 Å². The molecule has 5 rings (SSSR count). The van der Waals surface area contributed by atoms with Gasteiger partial charge in [-0.3, -0.25) is 0 Å². The second-order valence-electron chi connectivity index (χ2n) is 9.15. The summed E-state index contributed by atoms with van der Waals surface area (Å²) in [5.74, 6) is 5.19. The molecule has 0 saturated carbocycles. The van der Waals surface area contributed by atoms with E-state index in [1.54, 1.807) is 21.3 Å². The standard InChI is InChI=1S/C32H32O6/c1-33-26-8-4-6-22(14-26)10-11-23-7-5-9-27(15-23)38-31-19-25(18-30-32(31)37-21-36-30)13-12-24-16-28(34-2)20-29(17-24)35-3/h4-9,14-20H,10-13,21H2,1-3H3. The molecule has 0 amide bonds. The Balaban J connectivity index is 1.30. The molecule has 0 aliphatic carbocycles. The van der Waals surface area contributed by atoms with Crippen molar-refractivity contribution in [3.8, 4) is 40.2 Å². The number of rotatable bonds is 11. The van der Waals surface area contributed by atoms with E-state index in [0.717, 1.165) is 59.8 Å². The lowest BCUT2D eigenvalue weighted by molar-refractivity contribution is 0.172. The van der Waals surface area contributed by atoms with E-state index in [2.05, 4.69) is 24.3 Å². The highest BCUT2D eigenvalue weighted by atomic mass is 16.7. The van der Waals surface area contributed by atoms with Crippen LogP contribution in [0.1, 0.15) is 22.3 Å². The van der Waals surface area contributed by atoms with Crippen LogP contribution in [0, 0.1) is 0 Å². The van der Waals surface area contributed by atoms with Crippen LogP contribution >= 0.6 is 0 Å². The van der Waals surface area contributed by atoms with Gasteiger partial charge in [0.25, 0.3) is 0 Å². The van der Waals surface area contributed by atoms with E-state index >= 15 is 0 Å². The Morgan fingerprint density at radius 2 is 1.11 bits per heavy atom. The van der Waals surface area contributed by atoms with Gasteiger partial charge in [-0.05, 0) is 96.5 Å². The molecule has 4 aromatic carbocycles. The van der Waals surface area contributed by atoms with Crippen molar-refractivity contribution in [1.82, 2.24) is 0 Å². The highest BCUT2D eigenvalue weighted by molar-refractivity contribution is 5.56. The summed E-state index contributed by atoms with van der Waals surface area (Å²) in [7, 11) is 5.01. The fraction of sp³-hybridized carbons (Fsp3) is 0.250. The van der Waals surface area contributed by atoms with E-state index in [4.69, 9.17) is 28.4 Å². The quantitative estimate of drug-likeness (QED) is 0.220. The van der Waals surface area contributed by atoms with Crippen LogP contribution in [0.3, 0.4) is 0 Å². The number of methoxy groups -OCH3 is 3. The minimum absolute atomic E-state index is 0.183. The van der Waals surface area contributed by atoms with Crippen molar-refractivity contribution in [1.29, 1.82) is 0 Å². The summed E-state index contributed by atoms with van der Waals surface area (Å²) in [5, 5.41) is 0. The second kappa shape index (κ2) is 11.8. The van der Waals surface area contributed by atoms with Crippen LogP contribution in [0.5, 0.6) is 40.2 Å². The van der Waals surface area contributed by atoms with Crippen LogP contribution in [0.15, 0.2) is 78.9 Å². The zero-order chi connectivity index (χ0) is 26.3. The number of hydrogen-bond donors (Lipinski definition) is 0. The van der Waals surface area contributed by atoms with Crippen LogP contribution in [-0.2, 0) is 25.7 Å². The molecule has 0 radical (unpaired) electrons. The van der Waals surface area contributed by atoms with E-state index in [0.29, 0.717) is 17.2 Å². The van der Waals surface area contributed by atoms with Crippen LogP contribution in [0.25, 0.3) is 0 Å². The highest BCUT2D eigenvalue weighted by Crippen LogP contribution is 2.44. The van der Waals surface area contributed by atoms with Gasteiger partial charge in [0, 0.05) is 6.07 Å². The third-order valence-electron chi connectivity index (χ3n) is 6.57. The predicted molar refractivity (Wildman–Crippen MR) is 146 cm³/mol. The van der Waals surface area contributed by atoms with Crippen molar-refractivity contribution in [3.05, 3.63) is 101 Å². The molecule has 4 aromatic rings. The van der Waals surface area contributed by atoms with Crippen molar-refractivity contribution >= 4 is 0 Å². The minimum Gasteiger partial charge on any atom is -0.497 e. The summed E-state index contributed by atoms with van der Waals surface area (Å²) in [6.07, 6.45) is 3.42. The first-order valence-electron chi connectivity index (χ1n) is 12.7. The fourth-order valence-electron chi connectivity index (χ4n) is 4.56. The molecule has 0 N–H and O–H groups in total. The molecular weight excluding hydrogens is 480 g/mol. The first-order chi connectivity index (χ1) is 18.6. The van der Waals surface area contributed by atoms with Crippen LogP contribution < -0.4 is 28.4 Å². The van der Waals surface area contributed by atoms with Crippen molar-refractivity contribution in [2.75, 3.05) is 28.1 Å². The SMILES string of the molecule is COc1cccc(CCc2cccc(Oc3cc(CCc4cc(OC)cc(OC)c4)cc4c3OCO4)c2)c1. The summed E-state index contributed by atoms with van der Waals surface area (Å²) >= 11 is 0. The first-order valence-corrected chi connectivity index (χ1v) is 12.7. The normalized spacial score (nSPS) is 11.8. The Hall–Kier alpha value is -4.32. The zero-order valence-electron chi connectivity index (χ0n) is 22.0. The Morgan fingerprint density at radius 3 is 1.76 bits per heavy atom. The maximum Gasteiger partial charge on any atom is 0.231 e. The van der Waals surface area contributed by atoms with Gasteiger partial charge in [-0.15, -0.1) is 0 Å². The third-order valence-corrected chi connectivity index (χ3v) is 6.57. The van der Waals surface area contributed by atoms with Gasteiger partial charge in [0.1, 0.15) is 23.0 Å². The Morgan fingerprint density at radius 1 is 0.553 bits per heavy atom. The average molecular weight is 513 g/mol. The van der Waals surface area contributed by atoms with Gasteiger partial charge >= 0.3 is 0 Å². The summed E-state index contributed by atoms with van der Waals surface area (Å²) in [4.78, 5) is 0. The smallest absolute Gasteiger partial charge is 0.231 e. The van der Waals surface area contributed by atoms with Crippen molar-refractivity contribution in [2.45, 2.75) is 25.7 Å². The van der Waals surface area contributed by atoms with Gasteiger partial charge in [0.15, 0.2) is 11.5 Å². The van der Waals surface area contributed by atoms with E-state index in [9.17, 15) is 0 Å². The lowest BCUT2D eigenvalue weighted by atomic mass is 10.0. The van der Waals surface area contributed by atoms with Crippen molar-refractivity contribution in [3.63, 3.8) is 0 Å². The van der Waals surface area contributed by atoms with Gasteiger partial charge < -0.3 is 28.4 Å². The second-order valence-corrected chi connectivity index (χ2v) is 9.15. The molecule has 0 aromatic heterocycles.